The van der Waals surface area contributed by atoms with Crippen LogP contribution in [0.15, 0.2) is 42.6 Å². The molecule has 1 aliphatic rings. The number of piperidine rings is 1. The third kappa shape index (κ3) is 4.09. The Morgan fingerprint density at radius 3 is 2.82 bits per heavy atom. The number of rotatable bonds is 4. The number of hydrogen-bond donors (Lipinski definition) is 3. The summed E-state index contributed by atoms with van der Waals surface area (Å²) < 4.78 is 19.7. The van der Waals surface area contributed by atoms with Crippen LogP contribution in [0.1, 0.15) is 12.1 Å². The van der Waals surface area contributed by atoms with Crippen molar-refractivity contribution in [2.24, 2.45) is 5.73 Å². The molecule has 176 valence electrons. The van der Waals surface area contributed by atoms with E-state index in [1.54, 1.807) is 19.4 Å². The average Bonchev–Trinajstić information content (AvgIpc) is 3.22. The number of H-pyrrole nitrogens is 1. The lowest BCUT2D eigenvalue weighted by atomic mass is 9.96. The number of nitrogens with one attached hydrogen (secondary N) is 1. The lowest BCUT2D eigenvalue weighted by molar-refractivity contribution is 0.132. The van der Waals surface area contributed by atoms with Crippen molar-refractivity contribution < 1.29 is 14.2 Å². The van der Waals surface area contributed by atoms with E-state index in [-0.39, 0.29) is 6.04 Å². The molecule has 2 aromatic heterocycles. The second-order valence-electron chi connectivity index (χ2n) is 8.57. The van der Waals surface area contributed by atoms with Crippen LogP contribution >= 0.6 is 11.6 Å². The molecule has 2 aromatic carbocycles. The highest BCUT2D eigenvalue weighted by molar-refractivity contribution is 6.30. The van der Waals surface area contributed by atoms with Crippen LogP contribution in [0.5, 0.6) is 5.75 Å². The SMILES string of the molecule is COc1ccc2nc(-c3c(C)ncc(-c4cc(F)cc(Cl)c4)c3N3CC[C@@H](N)[C@@H](O)C3)[nH]c2c1. The molecular formula is C25H25ClFN5O2. The van der Waals surface area contributed by atoms with Gasteiger partial charge >= 0.3 is 0 Å². The number of imidazole rings is 1. The number of benzene rings is 2. The Bertz CT molecular complexity index is 1350. The minimum Gasteiger partial charge on any atom is -0.497 e. The summed E-state index contributed by atoms with van der Waals surface area (Å²) in [5, 5.41) is 10.9. The van der Waals surface area contributed by atoms with E-state index < -0.39 is 11.9 Å². The van der Waals surface area contributed by atoms with Gasteiger partial charge in [-0.2, -0.15) is 0 Å². The number of anilines is 1. The summed E-state index contributed by atoms with van der Waals surface area (Å²) in [6.07, 6.45) is 1.63. The summed E-state index contributed by atoms with van der Waals surface area (Å²) in [7, 11) is 1.62. The van der Waals surface area contributed by atoms with E-state index in [1.165, 1.54) is 12.1 Å². The minimum atomic E-state index is -0.695. The Labute approximate surface area is 201 Å². The number of halogens is 2. The van der Waals surface area contributed by atoms with E-state index in [0.29, 0.717) is 47.2 Å². The topological polar surface area (TPSA) is 100 Å². The number of aliphatic hydroxyl groups excluding tert-OH is 1. The molecule has 9 heteroatoms. The molecule has 0 unspecified atom stereocenters. The molecule has 2 atom stereocenters. The van der Waals surface area contributed by atoms with Gasteiger partial charge in [0.05, 0.1) is 41.2 Å². The number of pyridine rings is 1. The summed E-state index contributed by atoms with van der Waals surface area (Å²) in [6, 6.07) is 9.73. The zero-order chi connectivity index (χ0) is 24.0. The zero-order valence-electron chi connectivity index (χ0n) is 18.8. The molecule has 0 spiro atoms. The van der Waals surface area contributed by atoms with Gasteiger partial charge in [-0.25, -0.2) is 9.37 Å². The molecule has 1 aliphatic heterocycles. The predicted molar refractivity (Wildman–Crippen MR) is 132 cm³/mol. The number of aryl methyl sites for hydroxylation is 1. The van der Waals surface area contributed by atoms with E-state index >= 15 is 0 Å². The van der Waals surface area contributed by atoms with Gasteiger partial charge in [0.15, 0.2) is 0 Å². The summed E-state index contributed by atoms with van der Waals surface area (Å²) >= 11 is 6.19. The number of nitrogens with zero attached hydrogens (tertiary/aromatic N) is 3. The Hall–Kier alpha value is -3.20. The largest absolute Gasteiger partial charge is 0.497 e. The molecule has 7 nitrogen and oxygen atoms in total. The standard InChI is InChI=1S/C25H25ClFN5O2/c1-13-23(25-30-20-4-3-17(34-2)10-21(20)31-25)24(32-6-5-19(28)22(33)12-32)18(11-29-13)14-7-15(26)9-16(27)8-14/h3-4,7-11,19,22,33H,5-6,12,28H2,1-2H3,(H,30,31)/t19-,22+/m1/s1. The van der Waals surface area contributed by atoms with Gasteiger partial charge in [0, 0.05) is 42.0 Å². The van der Waals surface area contributed by atoms with E-state index in [1.807, 2.05) is 25.1 Å². The molecular weight excluding hydrogens is 457 g/mol. The van der Waals surface area contributed by atoms with Crippen LogP contribution < -0.4 is 15.4 Å². The molecule has 4 N–H and O–H groups in total. The molecule has 1 fully saturated rings. The minimum absolute atomic E-state index is 0.291. The van der Waals surface area contributed by atoms with Gasteiger partial charge in [-0.05, 0) is 49.2 Å². The first-order valence-corrected chi connectivity index (χ1v) is 11.4. The third-order valence-electron chi connectivity index (χ3n) is 6.29. The fraction of sp³-hybridized carbons (Fsp3) is 0.280. The molecule has 5 rings (SSSR count). The molecule has 34 heavy (non-hydrogen) atoms. The fourth-order valence-corrected chi connectivity index (χ4v) is 4.73. The van der Waals surface area contributed by atoms with Gasteiger partial charge in [0.1, 0.15) is 17.4 Å². The number of aliphatic hydroxyl groups is 1. The molecule has 0 amide bonds. The first-order chi connectivity index (χ1) is 16.3. The Kier molecular flexibility index (Phi) is 5.89. The van der Waals surface area contributed by atoms with Gasteiger partial charge in [0.25, 0.3) is 0 Å². The summed E-state index contributed by atoms with van der Waals surface area (Å²) in [6.45, 7) is 2.86. The van der Waals surface area contributed by atoms with Gasteiger partial charge in [-0.1, -0.05) is 11.6 Å². The van der Waals surface area contributed by atoms with Crippen LogP contribution in [0, 0.1) is 12.7 Å². The lowest BCUT2D eigenvalue weighted by Crippen LogP contribution is -2.51. The molecule has 1 saturated heterocycles. The first kappa shape index (κ1) is 22.6. The van der Waals surface area contributed by atoms with E-state index in [4.69, 9.17) is 27.1 Å². The lowest BCUT2D eigenvalue weighted by Gasteiger charge is -2.37. The molecule has 4 aromatic rings. The van der Waals surface area contributed by atoms with Crippen molar-refractivity contribution in [2.45, 2.75) is 25.5 Å². The zero-order valence-corrected chi connectivity index (χ0v) is 19.6. The quantitative estimate of drug-likeness (QED) is 0.402. The van der Waals surface area contributed by atoms with Gasteiger partial charge in [-0.15, -0.1) is 0 Å². The highest BCUT2D eigenvalue weighted by atomic mass is 35.5. The van der Waals surface area contributed by atoms with Gasteiger partial charge < -0.3 is 25.5 Å². The molecule has 0 radical (unpaired) electrons. The van der Waals surface area contributed by atoms with Crippen molar-refractivity contribution in [1.29, 1.82) is 0 Å². The second-order valence-corrected chi connectivity index (χ2v) is 9.01. The highest BCUT2D eigenvalue weighted by Gasteiger charge is 2.30. The fourth-order valence-electron chi connectivity index (χ4n) is 4.51. The summed E-state index contributed by atoms with van der Waals surface area (Å²) in [4.78, 5) is 14.9. The number of ether oxygens (including phenoxy) is 1. The van der Waals surface area contributed by atoms with E-state index in [9.17, 15) is 9.50 Å². The van der Waals surface area contributed by atoms with Crippen molar-refractivity contribution in [3.63, 3.8) is 0 Å². The number of hydrogen-bond acceptors (Lipinski definition) is 6. The Morgan fingerprint density at radius 2 is 2.09 bits per heavy atom. The number of methoxy groups -OCH3 is 1. The monoisotopic (exact) mass is 481 g/mol. The van der Waals surface area contributed by atoms with E-state index in [0.717, 1.165) is 28.0 Å². The van der Waals surface area contributed by atoms with Crippen LogP contribution in [0.2, 0.25) is 5.02 Å². The number of β-amino-alcohol motifs (C(OH)–C–C–N with tert-alkyl or cyclic N) is 1. The van der Waals surface area contributed by atoms with Gasteiger partial charge in [-0.3, -0.25) is 4.98 Å². The first-order valence-electron chi connectivity index (χ1n) is 11.0. The summed E-state index contributed by atoms with van der Waals surface area (Å²) in [5.41, 5.74) is 11.3. The maximum atomic E-state index is 14.3. The number of aromatic amines is 1. The van der Waals surface area contributed by atoms with Crippen molar-refractivity contribution >= 4 is 28.3 Å². The average molecular weight is 482 g/mol. The summed E-state index contributed by atoms with van der Waals surface area (Å²) in [5.74, 6) is 0.901. The number of nitrogens with two attached hydrogens (primary N) is 1. The van der Waals surface area contributed by atoms with Crippen molar-refractivity contribution in [3.05, 3.63) is 59.1 Å². The van der Waals surface area contributed by atoms with Crippen LogP contribution in [-0.4, -0.2) is 52.4 Å². The van der Waals surface area contributed by atoms with E-state index in [2.05, 4.69) is 14.9 Å². The molecule has 0 saturated carbocycles. The molecule has 0 aliphatic carbocycles. The van der Waals surface area contributed by atoms with Crippen LogP contribution in [0.3, 0.4) is 0 Å². The van der Waals surface area contributed by atoms with Crippen molar-refractivity contribution in [1.82, 2.24) is 15.0 Å². The third-order valence-corrected chi connectivity index (χ3v) is 6.51. The number of aromatic nitrogens is 3. The van der Waals surface area contributed by atoms with Crippen molar-refractivity contribution in [3.8, 4) is 28.3 Å². The second kappa shape index (κ2) is 8.87. The predicted octanol–water partition coefficient (Wildman–Crippen LogP) is 4.30. The maximum Gasteiger partial charge on any atom is 0.142 e. The maximum absolute atomic E-state index is 14.3. The van der Waals surface area contributed by atoms with Crippen LogP contribution in [-0.2, 0) is 0 Å². The Balaban J connectivity index is 1.75. The Morgan fingerprint density at radius 1 is 1.26 bits per heavy atom. The van der Waals surface area contributed by atoms with Gasteiger partial charge in [0.2, 0.25) is 0 Å². The normalized spacial score (nSPS) is 18.5. The molecule has 3 heterocycles. The van der Waals surface area contributed by atoms with Crippen LogP contribution in [0.4, 0.5) is 10.1 Å². The highest BCUT2D eigenvalue weighted by Crippen LogP contribution is 2.42. The van der Waals surface area contributed by atoms with Crippen molar-refractivity contribution in [2.75, 3.05) is 25.1 Å². The molecule has 0 bridgehead atoms. The van der Waals surface area contributed by atoms with Crippen LogP contribution in [0.25, 0.3) is 33.5 Å². The number of fused-ring (bicyclic) bond motifs is 1. The smallest absolute Gasteiger partial charge is 0.142 e.